The molecular weight excluding hydrogens is 306 g/mol. The van der Waals surface area contributed by atoms with E-state index >= 15 is 0 Å². The van der Waals surface area contributed by atoms with Gasteiger partial charge in [-0.05, 0) is 11.6 Å². The number of hydrogen-bond acceptors (Lipinski definition) is 3. The summed E-state index contributed by atoms with van der Waals surface area (Å²) in [5.41, 5.74) is 0.990. The predicted octanol–water partition coefficient (Wildman–Crippen LogP) is 3.27. The number of nitrogens with zero attached hydrogens (tertiary/aromatic N) is 1. The van der Waals surface area contributed by atoms with E-state index in [4.69, 9.17) is 0 Å². The molecule has 0 aliphatic carbocycles. The SMILES string of the molecule is CC(C)c1nc(NCc2ccccc2Br)cc(=O)[nH]1. The second-order valence-corrected chi connectivity index (χ2v) is 5.47. The number of H-pyrrole nitrogens is 1. The van der Waals surface area contributed by atoms with Crippen LogP contribution in [0, 0.1) is 0 Å². The highest BCUT2D eigenvalue weighted by Crippen LogP contribution is 2.17. The fourth-order valence-electron chi connectivity index (χ4n) is 1.67. The van der Waals surface area contributed by atoms with Crippen LogP contribution in [0.15, 0.2) is 39.6 Å². The largest absolute Gasteiger partial charge is 0.366 e. The second kappa shape index (κ2) is 6.02. The molecule has 2 N–H and O–H groups in total. The first kappa shape index (κ1) is 13.8. The standard InChI is InChI=1S/C14H16BrN3O/c1-9(2)14-17-12(7-13(19)18-14)16-8-10-5-3-4-6-11(10)15/h3-7,9H,8H2,1-2H3,(H2,16,17,18,19). The molecule has 0 fully saturated rings. The number of aromatic nitrogens is 2. The molecule has 0 bridgehead atoms. The van der Waals surface area contributed by atoms with E-state index in [1.165, 1.54) is 6.07 Å². The molecule has 2 rings (SSSR count). The molecule has 0 amide bonds. The maximum Gasteiger partial charge on any atom is 0.252 e. The van der Waals surface area contributed by atoms with Gasteiger partial charge in [0.2, 0.25) is 0 Å². The minimum Gasteiger partial charge on any atom is -0.366 e. The van der Waals surface area contributed by atoms with Crippen molar-refractivity contribution in [3.8, 4) is 0 Å². The summed E-state index contributed by atoms with van der Waals surface area (Å²) in [7, 11) is 0. The quantitative estimate of drug-likeness (QED) is 0.908. The first-order valence-electron chi connectivity index (χ1n) is 6.15. The van der Waals surface area contributed by atoms with E-state index in [-0.39, 0.29) is 11.5 Å². The van der Waals surface area contributed by atoms with Crippen LogP contribution in [0.1, 0.15) is 31.2 Å². The van der Waals surface area contributed by atoms with Gasteiger partial charge in [-0.15, -0.1) is 0 Å². The molecule has 0 saturated carbocycles. The maximum atomic E-state index is 11.5. The van der Waals surface area contributed by atoms with E-state index < -0.39 is 0 Å². The van der Waals surface area contributed by atoms with Crippen LogP contribution in [-0.2, 0) is 6.54 Å². The molecular formula is C14H16BrN3O. The van der Waals surface area contributed by atoms with Gasteiger partial charge in [-0.3, -0.25) is 4.79 Å². The highest BCUT2D eigenvalue weighted by molar-refractivity contribution is 9.10. The van der Waals surface area contributed by atoms with Crippen molar-refractivity contribution in [2.45, 2.75) is 26.3 Å². The first-order valence-corrected chi connectivity index (χ1v) is 6.94. The Morgan fingerprint density at radius 3 is 2.79 bits per heavy atom. The van der Waals surface area contributed by atoms with E-state index in [2.05, 4.69) is 31.2 Å². The summed E-state index contributed by atoms with van der Waals surface area (Å²) in [6, 6.07) is 9.43. The molecule has 100 valence electrons. The summed E-state index contributed by atoms with van der Waals surface area (Å²) < 4.78 is 1.04. The van der Waals surface area contributed by atoms with E-state index in [0.29, 0.717) is 18.2 Å². The molecule has 2 aromatic rings. The van der Waals surface area contributed by atoms with Gasteiger partial charge in [0.05, 0.1) is 0 Å². The Kier molecular flexibility index (Phi) is 4.37. The lowest BCUT2D eigenvalue weighted by Crippen LogP contribution is -2.14. The lowest BCUT2D eigenvalue weighted by molar-refractivity contribution is 0.766. The van der Waals surface area contributed by atoms with Gasteiger partial charge in [0, 0.05) is 23.0 Å². The smallest absolute Gasteiger partial charge is 0.252 e. The third-order valence-electron chi connectivity index (χ3n) is 2.72. The van der Waals surface area contributed by atoms with Crippen molar-refractivity contribution >= 4 is 21.7 Å². The van der Waals surface area contributed by atoms with Gasteiger partial charge in [-0.25, -0.2) is 4.98 Å². The van der Waals surface area contributed by atoms with Crippen LogP contribution in [-0.4, -0.2) is 9.97 Å². The molecule has 0 saturated heterocycles. The summed E-state index contributed by atoms with van der Waals surface area (Å²) >= 11 is 3.49. The second-order valence-electron chi connectivity index (χ2n) is 4.62. The number of aromatic amines is 1. The highest BCUT2D eigenvalue weighted by atomic mass is 79.9. The molecule has 1 aromatic carbocycles. The molecule has 4 nitrogen and oxygen atoms in total. The monoisotopic (exact) mass is 321 g/mol. The minimum absolute atomic E-state index is 0.131. The fourth-order valence-corrected chi connectivity index (χ4v) is 2.09. The number of anilines is 1. The molecule has 1 heterocycles. The number of hydrogen-bond donors (Lipinski definition) is 2. The van der Waals surface area contributed by atoms with E-state index in [9.17, 15) is 4.79 Å². The summed E-state index contributed by atoms with van der Waals surface area (Å²) in [5.74, 6) is 1.49. The molecule has 19 heavy (non-hydrogen) atoms. The summed E-state index contributed by atoms with van der Waals surface area (Å²) in [6.45, 7) is 4.61. The van der Waals surface area contributed by atoms with Crippen molar-refractivity contribution in [2.75, 3.05) is 5.32 Å². The Balaban J connectivity index is 2.16. The Labute approximate surface area is 120 Å². The zero-order chi connectivity index (χ0) is 13.8. The minimum atomic E-state index is -0.131. The molecule has 0 unspecified atom stereocenters. The normalized spacial score (nSPS) is 10.7. The van der Waals surface area contributed by atoms with Crippen molar-refractivity contribution < 1.29 is 0 Å². The molecule has 0 aliphatic heterocycles. The third kappa shape index (κ3) is 3.67. The Morgan fingerprint density at radius 1 is 1.37 bits per heavy atom. The van der Waals surface area contributed by atoms with Crippen LogP contribution in [0.3, 0.4) is 0 Å². The Hall–Kier alpha value is -1.62. The van der Waals surface area contributed by atoms with E-state index in [1.807, 2.05) is 38.1 Å². The molecule has 1 aromatic heterocycles. The van der Waals surface area contributed by atoms with Crippen molar-refractivity contribution in [3.05, 3.63) is 56.5 Å². The van der Waals surface area contributed by atoms with Crippen LogP contribution >= 0.6 is 15.9 Å². The molecule has 5 heteroatoms. The third-order valence-corrected chi connectivity index (χ3v) is 3.50. The van der Waals surface area contributed by atoms with Crippen molar-refractivity contribution in [3.63, 3.8) is 0 Å². The van der Waals surface area contributed by atoms with Crippen LogP contribution in [0.25, 0.3) is 0 Å². The van der Waals surface area contributed by atoms with Gasteiger partial charge >= 0.3 is 0 Å². The Morgan fingerprint density at radius 2 is 2.11 bits per heavy atom. The number of rotatable bonds is 4. The van der Waals surface area contributed by atoms with E-state index in [0.717, 1.165) is 10.0 Å². The average molecular weight is 322 g/mol. The van der Waals surface area contributed by atoms with Crippen LogP contribution in [0.2, 0.25) is 0 Å². The van der Waals surface area contributed by atoms with Gasteiger partial charge in [0.1, 0.15) is 11.6 Å². The zero-order valence-electron chi connectivity index (χ0n) is 10.9. The fraction of sp³-hybridized carbons (Fsp3) is 0.286. The molecule has 0 aliphatic rings. The van der Waals surface area contributed by atoms with Crippen molar-refractivity contribution in [2.24, 2.45) is 0 Å². The molecule has 0 atom stereocenters. The topological polar surface area (TPSA) is 57.8 Å². The summed E-state index contributed by atoms with van der Waals surface area (Å²) in [6.07, 6.45) is 0. The van der Waals surface area contributed by atoms with Crippen LogP contribution < -0.4 is 10.9 Å². The van der Waals surface area contributed by atoms with Gasteiger partial charge in [0.25, 0.3) is 5.56 Å². The highest BCUT2D eigenvalue weighted by Gasteiger charge is 2.05. The first-order chi connectivity index (χ1) is 9.06. The van der Waals surface area contributed by atoms with E-state index in [1.54, 1.807) is 0 Å². The summed E-state index contributed by atoms with van der Waals surface area (Å²) in [4.78, 5) is 18.7. The van der Waals surface area contributed by atoms with Crippen molar-refractivity contribution in [1.82, 2.24) is 9.97 Å². The Bertz CT molecular complexity index is 622. The molecule has 0 spiro atoms. The van der Waals surface area contributed by atoms with Gasteiger partial charge in [-0.1, -0.05) is 48.0 Å². The number of halogens is 1. The maximum absolute atomic E-state index is 11.5. The van der Waals surface area contributed by atoms with Gasteiger partial charge in [0.15, 0.2) is 0 Å². The van der Waals surface area contributed by atoms with Gasteiger partial charge < -0.3 is 10.3 Å². The average Bonchev–Trinajstić information content (AvgIpc) is 2.37. The zero-order valence-corrected chi connectivity index (χ0v) is 12.5. The lowest BCUT2D eigenvalue weighted by Gasteiger charge is -2.10. The van der Waals surface area contributed by atoms with Gasteiger partial charge in [-0.2, -0.15) is 0 Å². The lowest BCUT2D eigenvalue weighted by atomic mass is 10.2. The van der Waals surface area contributed by atoms with Crippen LogP contribution in [0.4, 0.5) is 5.82 Å². The number of benzene rings is 1. The molecule has 0 radical (unpaired) electrons. The van der Waals surface area contributed by atoms with Crippen LogP contribution in [0.5, 0.6) is 0 Å². The number of nitrogens with one attached hydrogen (secondary N) is 2. The summed E-state index contributed by atoms with van der Waals surface area (Å²) in [5, 5.41) is 3.18. The van der Waals surface area contributed by atoms with Crippen molar-refractivity contribution in [1.29, 1.82) is 0 Å². The predicted molar refractivity (Wildman–Crippen MR) is 80.4 cm³/mol.